The van der Waals surface area contributed by atoms with E-state index in [1.807, 2.05) is 26.8 Å². The summed E-state index contributed by atoms with van der Waals surface area (Å²) in [7, 11) is 0. The summed E-state index contributed by atoms with van der Waals surface area (Å²) in [5, 5.41) is 21.6. The third-order valence-electron chi connectivity index (χ3n) is 6.01. The molecule has 1 fully saturated rings. The molecule has 1 amide bonds. The molecule has 0 aliphatic heterocycles. The average molecular weight is 396 g/mol. The number of pyridine rings is 1. The number of carboxylic acids is 1. The van der Waals surface area contributed by atoms with Gasteiger partial charge in [0.1, 0.15) is 5.75 Å². The maximum absolute atomic E-state index is 11.5. The fraction of sp³-hybridized carbons (Fsp3) is 0.435. The molecule has 1 aliphatic rings. The lowest BCUT2D eigenvalue weighted by molar-refractivity contribution is -0.147. The zero-order valence-corrected chi connectivity index (χ0v) is 17.2. The summed E-state index contributed by atoms with van der Waals surface area (Å²) in [5.41, 5.74) is 6.12. The summed E-state index contributed by atoms with van der Waals surface area (Å²) >= 11 is 0. The second-order valence-corrected chi connectivity index (χ2v) is 7.95. The van der Waals surface area contributed by atoms with Gasteiger partial charge in [-0.2, -0.15) is 0 Å². The molecule has 6 nitrogen and oxygen atoms in total. The Kier molecular flexibility index (Phi) is 6.20. The molecule has 29 heavy (non-hydrogen) atoms. The van der Waals surface area contributed by atoms with Crippen LogP contribution in [0.15, 0.2) is 18.2 Å². The van der Waals surface area contributed by atoms with Crippen LogP contribution in [0, 0.1) is 20.8 Å². The highest BCUT2D eigenvalue weighted by molar-refractivity contribution is 6.36. The Morgan fingerprint density at radius 2 is 1.79 bits per heavy atom. The molecule has 1 aromatic carbocycles. The largest absolute Gasteiger partial charge is 0.506 e. The highest BCUT2D eigenvalue weighted by Gasteiger charge is 2.21. The number of hydrogen-bond acceptors (Lipinski definition) is 4. The SMILES string of the molecule is Cc1cc(NC(=O)C(=O)O)c(C)c(C)c1Cc1ccc(O)c(C2CCCCC2)n1. The summed E-state index contributed by atoms with van der Waals surface area (Å²) < 4.78 is 0. The van der Waals surface area contributed by atoms with Gasteiger partial charge in [0.25, 0.3) is 0 Å². The first-order valence-electron chi connectivity index (χ1n) is 10.1. The molecule has 0 atom stereocenters. The minimum absolute atomic E-state index is 0.275. The van der Waals surface area contributed by atoms with E-state index in [-0.39, 0.29) is 5.75 Å². The number of amides is 1. The zero-order chi connectivity index (χ0) is 21.1. The number of rotatable bonds is 4. The Morgan fingerprint density at radius 1 is 1.10 bits per heavy atom. The predicted molar refractivity (Wildman–Crippen MR) is 111 cm³/mol. The number of carboxylic acid groups (broad SMARTS) is 1. The number of nitrogens with one attached hydrogen (secondary N) is 1. The van der Waals surface area contributed by atoms with Crippen LogP contribution in [0.25, 0.3) is 0 Å². The maximum Gasteiger partial charge on any atom is 0.394 e. The zero-order valence-electron chi connectivity index (χ0n) is 17.2. The predicted octanol–water partition coefficient (Wildman–Crippen LogP) is 4.37. The summed E-state index contributed by atoms with van der Waals surface area (Å²) in [6, 6.07) is 5.40. The number of aromatic hydroxyl groups is 1. The van der Waals surface area contributed by atoms with Gasteiger partial charge in [-0.05, 0) is 74.1 Å². The van der Waals surface area contributed by atoms with Crippen LogP contribution in [-0.4, -0.2) is 27.1 Å². The van der Waals surface area contributed by atoms with Gasteiger partial charge in [0.2, 0.25) is 0 Å². The van der Waals surface area contributed by atoms with Gasteiger partial charge < -0.3 is 15.5 Å². The smallest absolute Gasteiger partial charge is 0.394 e. The third kappa shape index (κ3) is 4.58. The van der Waals surface area contributed by atoms with Crippen molar-refractivity contribution in [1.82, 2.24) is 4.98 Å². The van der Waals surface area contributed by atoms with Gasteiger partial charge in [0, 0.05) is 23.7 Å². The second-order valence-electron chi connectivity index (χ2n) is 7.95. The van der Waals surface area contributed by atoms with Crippen molar-refractivity contribution >= 4 is 17.6 Å². The Morgan fingerprint density at radius 3 is 2.45 bits per heavy atom. The van der Waals surface area contributed by atoms with Crippen molar-refractivity contribution in [2.75, 3.05) is 5.32 Å². The van der Waals surface area contributed by atoms with Crippen LogP contribution in [0.5, 0.6) is 5.75 Å². The molecule has 1 saturated carbocycles. The minimum atomic E-state index is -1.51. The van der Waals surface area contributed by atoms with E-state index in [1.165, 1.54) is 19.3 Å². The molecule has 154 valence electrons. The van der Waals surface area contributed by atoms with E-state index >= 15 is 0 Å². The van der Waals surface area contributed by atoms with Crippen molar-refractivity contribution in [2.45, 2.75) is 65.2 Å². The van der Waals surface area contributed by atoms with Gasteiger partial charge in [0.05, 0.1) is 5.69 Å². The first-order chi connectivity index (χ1) is 13.8. The first-order valence-corrected chi connectivity index (χ1v) is 10.1. The molecule has 1 aliphatic carbocycles. The fourth-order valence-electron chi connectivity index (χ4n) is 4.18. The van der Waals surface area contributed by atoms with Gasteiger partial charge in [-0.15, -0.1) is 0 Å². The molecular formula is C23H28N2O4. The monoisotopic (exact) mass is 396 g/mol. The van der Waals surface area contributed by atoms with Gasteiger partial charge in [-0.3, -0.25) is 9.78 Å². The van der Waals surface area contributed by atoms with E-state index in [2.05, 4.69) is 5.32 Å². The summed E-state index contributed by atoms with van der Waals surface area (Å²) in [5.74, 6) is -1.96. The fourth-order valence-corrected chi connectivity index (χ4v) is 4.18. The molecule has 0 saturated heterocycles. The standard InChI is InChI=1S/C23H28N2O4/c1-13-11-19(25-22(27)23(28)29)15(3)14(2)18(13)12-17-9-10-20(26)21(24-17)16-7-5-4-6-8-16/h9-11,16,26H,4-8,12H2,1-3H3,(H,25,27)(H,28,29). The van der Waals surface area contributed by atoms with Crippen molar-refractivity contribution < 1.29 is 19.8 Å². The van der Waals surface area contributed by atoms with E-state index in [0.29, 0.717) is 18.0 Å². The van der Waals surface area contributed by atoms with Crippen LogP contribution in [0.1, 0.15) is 71.7 Å². The number of aryl methyl sites for hydroxylation is 1. The first kappa shape index (κ1) is 20.8. The van der Waals surface area contributed by atoms with Gasteiger partial charge in [0.15, 0.2) is 0 Å². The quantitative estimate of drug-likeness (QED) is 0.666. The number of nitrogens with zero attached hydrogens (tertiary/aromatic N) is 1. The van der Waals surface area contributed by atoms with E-state index in [1.54, 1.807) is 12.1 Å². The molecule has 0 spiro atoms. The van der Waals surface area contributed by atoms with E-state index < -0.39 is 11.9 Å². The van der Waals surface area contributed by atoms with Crippen LogP contribution in [0.2, 0.25) is 0 Å². The van der Waals surface area contributed by atoms with Crippen LogP contribution in [0.4, 0.5) is 5.69 Å². The molecular weight excluding hydrogens is 368 g/mol. The summed E-state index contributed by atoms with van der Waals surface area (Å²) in [4.78, 5) is 27.2. The lowest BCUT2D eigenvalue weighted by Gasteiger charge is -2.22. The minimum Gasteiger partial charge on any atom is -0.506 e. The number of aromatic nitrogens is 1. The summed E-state index contributed by atoms with van der Waals surface area (Å²) in [6.45, 7) is 5.78. The maximum atomic E-state index is 11.5. The van der Waals surface area contributed by atoms with Crippen LogP contribution in [0.3, 0.4) is 0 Å². The van der Waals surface area contributed by atoms with Crippen molar-refractivity contribution in [3.8, 4) is 5.75 Å². The van der Waals surface area contributed by atoms with Crippen molar-refractivity contribution in [3.63, 3.8) is 0 Å². The Bertz CT molecular complexity index is 946. The van der Waals surface area contributed by atoms with Crippen molar-refractivity contribution in [2.24, 2.45) is 0 Å². The summed E-state index contributed by atoms with van der Waals surface area (Å²) in [6.07, 6.45) is 6.36. The van der Waals surface area contributed by atoms with Gasteiger partial charge in [-0.1, -0.05) is 19.3 Å². The van der Waals surface area contributed by atoms with Gasteiger partial charge in [-0.25, -0.2) is 4.79 Å². The number of carbonyl (C=O) groups excluding carboxylic acids is 1. The van der Waals surface area contributed by atoms with Gasteiger partial charge >= 0.3 is 11.9 Å². The van der Waals surface area contributed by atoms with E-state index in [9.17, 15) is 14.7 Å². The highest BCUT2D eigenvalue weighted by Crippen LogP contribution is 2.36. The Labute approximate surface area is 171 Å². The topological polar surface area (TPSA) is 99.5 Å². The molecule has 3 N–H and O–H groups in total. The third-order valence-corrected chi connectivity index (χ3v) is 6.01. The van der Waals surface area contributed by atoms with E-state index in [0.717, 1.165) is 46.5 Å². The molecule has 2 aromatic rings. The Balaban J connectivity index is 1.89. The molecule has 0 unspecified atom stereocenters. The van der Waals surface area contributed by atoms with Crippen molar-refractivity contribution in [3.05, 3.63) is 51.8 Å². The molecule has 1 aromatic heterocycles. The molecule has 1 heterocycles. The number of anilines is 1. The molecule has 6 heteroatoms. The van der Waals surface area contributed by atoms with Crippen molar-refractivity contribution in [1.29, 1.82) is 0 Å². The lowest BCUT2D eigenvalue weighted by Crippen LogP contribution is -2.22. The molecule has 0 bridgehead atoms. The van der Waals surface area contributed by atoms with E-state index in [4.69, 9.17) is 10.1 Å². The molecule has 0 radical (unpaired) electrons. The lowest BCUT2D eigenvalue weighted by atomic mass is 9.86. The van der Waals surface area contributed by atoms with Crippen LogP contribution < -0.4 is 5.32 Å². The number of benzene rings is 1. The average Bonchev–Trinajstić information content (AvgIpc) is 2.71. The normalized spacial score (nSPS) is 14.6. The number of aliphatic carboxylic acids is 1. The number of carbonyl (C=O) groups is 2. The second kappa shape index (κ2) is 8.64. The highest BCUT2D eigenvalue weighted by atomic mass is 16.4. The number of hydrogen-bond donors (Lipinski definition) is 3. The molecule has 3 rings (SSSR count). The van der Waals surface area contributed by atoms with Crippen LogP contribution >= 0.6 is 0 Å². The Hall–Kier alpha value is -2.89. The van der Waals surface area contributed by atoms with Crippen LogP contribution in [-0.2, 0) is 16.0 Å².